The first-order chi connectivity index (χ1) is 10.4. The van der Waals surface area contributed by atoms with Crippen LogP contribution < -0.4 is 10.2 Å². The fourth-order valence-corrected chi connectivity index (χ4v) is 2.27. The zero-order valence-corrected chi connectivity index (χ0v) is 11.6. The topological polar surface area (TPSA) is 81.9 Å². The first-order valence-corrected chi connectivity index (χ1v) is 6.70. The summed E-state index contributed by atoms with van der Waals surface area (Å²) < 4.78 is 36.4. The summed E-state index contributed by atoms with van der Waals surface area (Å²) in [7, 11) is 0. The third-order valence-electron chi connectivity index (χ3n) is 3.33. The van der Waals surface area contributed by atoms with Crippen molar-refractivity contribution < 1.29 is 18.0 Å². The molecule has 1 aliphatic heterocycles. The van der Waals surface area contributed by atoms with Crippen LogP contribution in [0.15, 0.2) is 12.4 Å². The van der Waals surface area contributed by atoms with Crippen molar-refractivity contribution in [2.45, 2.75) is 19.0 Å². The molecule has 9 heteroatoms. The Morgan fingerprint density at radius 3 is 2.82 bits per heavy atom. The Balaban J connectivity index is 1.96. The predicted molar refractivity (Wildman–Crippen MR) is 70.7 cm³/mol. The van der Waals surface area contributed by atoms with Crippen LogP contribution in [0.1, 0.15) is 18.5 Å². The van der Waals surface area contributed by atoms with E-state index in [0.717, 1.165) is 0 Å². The van der Waals surface area contributed by atoms with E-state index in [1.807, 2.05) is 11.4 Å². The van der Waals surface area contributed by atoms with Crippen LogP contribution in [0, 0.1) is 17.2 Å². The molecule has 118 valence electrons. The van der Waals surface area contributed by atoms with E-state index >= 15 is 0 Å². The molecule has 0 aliphatic carbocycles. The molecule has 22 heavy (non-hydrogen) atoms. The molecule has 0 aromatic carbocycles. The van der Waals surface area contributed by atoms with Crippen LogP contribution in [-0.4, -0.2) is 41.7 Å². The second kappa shape index (κ2) is 6.60. The second-order valence-electron chi connectivity index (χ2n) is 4.99. The molecule has 1 N–H and O–H groups in total. The molecule has 0 spiro atoms. The maximum Gasteiger partial charge on any atom is 0.405 e. The first kappa shape index (κ1) is 16.0. The lowest BCUT2D eigenvalue weighted by Crippen LogP contribution is -2.45. The summed E-state index contributed by atoms with van der Waals surface area (Å²) in [6.45, 7) is -0.396. The van der Waals surface area contributed by atoms with E-state index in [4.69, 9.17) is 5.26 Å². The molecule has 1 aromatic heterocycles. The maximum absolute atomic E-state index is 12.1. The van der Waals surface area contributed by atoms with Crippen LogP contribution in [-0.2, 0) is 4.79 Å². The third-order valence-corrected chi connectivity index (χ3v) is 3.33. The van der Waals surface area contributed by atoms with Crippen LogP contribution in [0.4, 0.5) is 19.0 Å². The van der Waals surface area contributed by atoms with Gasteiger partial charge in [-0.3, -0.25) is 4.79 Å². The van der Waals surface area contributed by atoms with Crippen molar-refractivity contribution in [1.29, 1.82) is 5.26 Å². The molecule has 1 unspecified atom stereocenters. The highest BCUT2D eigenvalue weighted by Crippen LogP contribution is 2.21. The molecule has 0 saturated carbocycles. The number of amides is 1. The van der Waals surface area contributed by atoms with Gasteiger partial charge < -0.3 is 10.2 Å². The van der Waals surface area contributed by atoms with Crippen LogP contribution in [0.25, 0.3) is 0 Å². The number of hydrogen-bond acceptors (Lipinski definition) is 5. The monoisotopic (exact) mass is 313 g/mol. The van der Waals surface area contributed by atoms with Gasteiger partial charge in [0, 0.05) is 13.1 Å². The summed E-state index contributed by atoms with van der Waals surface area (Å²) in [5.74, 6) is -0.621. The van der Waals surface area contributed by atoms with Gasteiger partial charge in [-0.05, 0) is 12.8 Å². The van der Waals surface area contributed by atoms with Gasteiger partial charge in [0.15, 0.2) is 5.69 Å². The molecular weight excluding hydrogens is 299 g/mol. The standard InChI is InChI=1S/C13H14F3N5O/c14-13(15,16)8-20-12(22)9-2-1-3-21(7-9)11-6-18-10(4-17)5-19-11/h5-6,9H,1-3,7-8H2,(H,20,22). The van der Waals surface area contributed by atoms with Crippen LogP contribution in [0.3, 0.4) is 0 Å². The predicted octanol–water partition coefficient (Wildman–Crippen LogP) is 1.24. The van der Waals surface area contributed by atoms with Crippen LogP contribution in [0.2, 0.25) is 0 Å². The van der Waals surface area contributed by atoms with E-state index in [0.29, 0.717) is 25.2 Å². The highest BCUT2D eigenvalue weighted by Gasteiger charge is 2.31. The molecule has 1 fully saturated rings. The lowest BCUT2D eigenvalue weighted by molar-refractivity contribution is -0.140. The number of alkyl halides is 3. The van der Waals surface area contributed by atoms with Gasteiger partial charge in [-0.1, -0.05) is 0 Å². The van der Waals surface area contributed by atoms with Gasteiger partial charge in [0.25, 0.3) is 0 Å². The minimum atomic E-state index is -4.41. The molecule has 1 saturated heterocycles. The smallest absolute Gasteiger partial charge is 0.355 e. The normalized spacial score (nSPS) is 18.6. The molecular formula is C13H14F3N5O. The number of aromatic nitrogens is 2. The Morgan fingerprint density at radius 1 is 1.45 bits per heavy atom. The SMILES string of the molecule is N#Cc1cnc(N2CCCC(C(=O)NCC(F)(F)F)C2)cn1. The number of carbonyl (C=O) groups is 1. The summed E-state index contributed by atoms with van der Waals surface area (Å²) in [6.07, 6.45) is -0.463. The fourth-order valence-electron chi connectivity index (χ4n) is 2.27. The largest absolute Gasteiger partial charge is 0.405 e. The van der Waals surface area contributed by atoms with E-state index in [1.54, 1.807) is 4.90 Å². The first-order valence-electron chi connectivity index (χ1n) is 6.70. The summed E-state index contributed by atoms with van der Waals surface area (Å²) >= 11 is 0. The summed E-state index contributed by atoms with van der Waals surface area (Å²) in [4.78, 5) is 21.6. The lowest BCUT2D eigenvalue weighted by Gasteiger charge is -2.32. The number of nitrogens with one attached hydrogen (secondary N) is 1. The number of hydrogen-bond donors (Lipinski definition) is 1. The van der Waals surface area contributed by atoms with E-state index in [9.17, 15) is 18.0 Å². The highest BCUT2D eigenvalue weighted by molar-refractivity contribution is 5.79. The molecule has 0 bridgehead atoms. The van der Waals surface area contributed by atoms with Crippen molar-refractivity contribution in [1.82, 2.24) is 15.3 Å². The van der Waals surface area contributed by atoms with Crippen LogP contribution in [0.5, 0.6) is 0 Å². The number of rotatable bonds is 3. The van der Waals surface area contributed by atoms with Gasteiger partial charge >= 0.3 is 6.18 Å². The number of anilines is 1. The maximum atomic E-state index is 12.1. The van der Waals surface area contributed by atoms with Gasteiger partial charge in [-0.2, -0.15) is 18.4 Å². The summed E-state index contributed by atoms with van der Waals surface area (Å²) in [6, 6.07) is 1.85. The average Bonchev–Trinajstić information content (AvgIpc) is 2.52. The number of nitriles is 1. The van der Waals surface area contributed by atoms with Crippen molar-refractivity contribution in [3.8, 4) is 6.07 Å². The minimum Gasteiger partial charge on any atom is -0.355 e. The molecule has 1 aromatic rings. The second-order valence-corrected chi connectivity index (χ2v) is 4.99. The molecule has 2 rings (SSSR count). The number of carbonyl (C=O) groups excluding carboxylic acids is 1. The molecule has 1 amide bonds. The van der Waals surface area contributed by atoms with E-state index < -0.39 is 24.5 Å². The molecule has 1 atom stereocenters. The van der Waals surface area contributed by atoms with Gasteiger partial charge in [-0.25, -0.2) is 9.97 Å². The van der Waals surface area contributed by atoms with Crippen molar-refractivity contribution in [3.05, 3.63) is 18.1 Å². The zero-order valence-electron chi connectivity index (χ0n) is 11.6. The summed E-state index contributed by atoms with van der Waals surface area (Å²) in [5.41, 5.74) is 0.181. The van der Waals surface area contributed by atoms with Crippen LogP contribution >= 0.6 is 0 Å². The van der Waals surface area contributed by atoms with Gasteiger partial charge in [0.2, 0.25) is 5.91 Å². The van der Waals surface area contributed by atoms with Crippen molar-refractivity contribution >= 4 is 11.7 Å². The molecule has 0 radical (unpaired) electrons. The molecule has 6 nitrogen and oxygen atoms in total. The van der Waals surface area contributed by atoms with E-state index in [-0.39, 0.29) is 12.2 Å². The van der Waals surface area contributed by atoms with Gasteiger partial charge in [0.1, 0.15) is 18.4 Å². The lowest BCUT2D eigenvalue weighted by atomic mass is 9.97. The highest BCUT2D eigenvalue weighted by atomic mass is 19.4. The van der Waals surface area contributed by atoms with E-state index in [1.165, 1.54) is 12.4 Å². The third kappa shape index (κ3) is 4.31. The zero-order chi connectivity index (χ0) is 16.2. The number of halogens is 3. The van der Waals surface area contributed by atoms with Crippen molar-refractivity contribution in [3.63, 3.8) is 0 Å². The number of nitrogens with zero attached hydrogens (tertiary/aromatic N) is 4. The van der Waals surface area contributed by atoms with Crippen molar-refractivity contribution in [2.75, 3.05) is 24.5 Å². The van der Waals surface area contributed by atoms with Crippen molar-refractivity contribution in [2.24, 2.45) is 5.92 Å². The molecule has 2 heterocycles. The Bertz CT molecular complexity index is 567. The van der Waals surface area contributed by atoms with Gasteiger partial charge in [-0.15, -0.1) is 0 Å². The summed E-state index contributed by atoms with van der Waals surface area (Å²) in [5, 5.41) is 10.6. The Hall–Kier alpha value is -2.37. The fraction of sp³-hybridized carbons (Fsp3) is 0.538. The minimum absolute atomic E-state index is 0.181. The quantitative estimate of drug-likeness (QED) is 0.908. The van der Waals surface area contributed by atoms with E-state index in [2.05, 4.69) is 9.97 Å². The number of piperidine rings is 1. The average molecular weight is 313 g/mol. The Morgan fingerprint density at radius 2 is 2.23 bits per heavy atom. The Labute approximate surface area is 125 Å². The Kier molecular flexibility index (Phi) is 4.80. The molecule has 1 aliphatic rings. The van der Waals surface area contributed by atoms with Gasteiger partial charge in [0.05, 0.1) is 18.3 Å².